The molecule has 0 fully saturated rings. The number of hydrogen-bond donors (Lipinski definition) is 2. The van der Waals surface area contributed by atoms with E-state index in [0.717, 1.165) is 19.1 Å². The van der Waals surface area contributed by atoms with Gasteiger partial charge in [0, 0.05) is 6.42 Å². The number of carbonyl (C=O) groups excluding carboxylic acids is 1. The summed E-state index contributed by atoms with van der Waals surface area (Å²) in [7, 11) is 0. The van der Waals surface area contributed by atoms with Crippen LogP contribution in [0.4, 0.5) is 0 Å². The standard InChI is InChI=1S/C12H20O3/c1-2-3-6-11(14)8-9-12(15)7-4-5-10-13/h10-12,14-15H,2-7H2,1H3. The molecule has 0 aliphatic heterocycles. The van der Waals surface area contributed by atoms with Gasteiger partial charge in [0.05, 0.1) is 0 Å². The van der Waals surface area contributed by atoms with Gasteiger partial charge in [-0.2, -0.15) is 0 Å². The molecule has 0 aromatic carbocycles. The lowest BCUT2D eigenvalue weighted by Gasteiger charge is -2.02. The van der Waals surface area contributed by atoms with Crippen LogP contribution in [0.3, 0.4) is 0 Å². The van der Waals surface area contributed by atoms with Gasteiger partial charge >= 0.3 is 0 Å². The molecule has 0 bridgehead atoms. The summed E-state index contributed by atoms with van der Waals surface area (Å²) in [5.41, 5.74) is 0. The largest absolute Gasteiger partial charge is 0.380 e. The van der Waals surface area contributed by atoms with Crippen molar-refractivity contribution in [3.05, 3.63) is 0 Å². The second kappa shape index (κ2) is 9.70. The van der Waals surface area contributed by atoms with Crippen molar-refractivity contribution in [2.45, 2.75) is 57.7 Å². The van der Waals surface area contributed by atoms with Crippen LogP contribution in [0.2, 0.25) is 0 Å². The van der Waals surface area contributed by atoms with E-state index in [1.807, 2.05) is 0 Å². The fraction of sp³-hybridized carbons (Fsp3) is 0.750. The highest BCUT2D eigenvalue weighted by Gasteiger charge is 2.00. The van der Waals surface area contributed by atoms with Crippen molar-refractivity contribution < 1.29 is 15.0 Å². The van der Waals surface area contributed by atoms with E-state index in [4.69, 9.17) is 0 Å². The lowest BCUT2D eigenvalue weighted by molar-refractivity contribution is -0.108. The van der Waals surface area contributed by atoms with Crippen molar-refractivity contribution in [1.82, 2.24) is 0 Å². The normalized spacial score (nSPS) is 13.8. The number of aliphatic hydroxyl groups is 2. The average molecular weight is 212 g/mol. The smallest absolute Gasteiger partial charge is 0.119 e. The highest BCUT2D eigenvalue weighted by atomic mass is 16.3. The molecular weight excluding hydrogens is 192 g/mol. The zero-order chi connectivity index (χ0) is 11.5. The Balaban J connectivity index is 3.67. The fourth-order valence-corrected chi connectivity index (χ4v) is 1.13. The fourth-order valence-electron chi connectivity index (χ4n) is 1.13. The lowest BCUT2D eigenvalue weighted by Crippen LogP contribution is -2.07. The monoisotopic (exact) mass is 212 g/mol. The molecule has 0 radical (unpaired) electrons. The minimum absolute atomic E-state index is 0.455. The van der Waals surface area contributed by atoms with Gasteiger partial charge in [-0.05, 0) is 19.3 Å². The number of rotatable bonds is 7. The summed E-state index contributed by atoms with van der Waals surface area (Å²) in [6.45, 7) is 2.05. The van der Waals surface area contributed by atoms with Gasteiger partial charge in [0.1, 0.15) is 18.5 Å². The molecular formula is C12H20O3. The molecule has 0 spiro atoms. The Morgan fingerprint density at radius 1 is 1.13 bits per heavy atom. The lowest BCUT2D eigenvalue weighted by atomic mass is 10.1. The van der Waals surface area contributed by atoms with Crippen molar-refractivity contribution in [2.75, 3.05) is 0 Å². The Bertz CT molecular complexity index is 215. The van der Waals surface area contributed by atoms with E-state index in [2.05, 4.69) is 18.8 Å². The molecule has 0 aliphatic rings. The third-order valence-corrected chi connectivity index (χ3v) is 2.05. The summed E-state index contributed by atoms with van der Waals surface area (Å²) in [5.74, 6) is 5.20. The highest BCUT2D eigenvalue weighted by molar-refractivity contribution is 5.48. The van der Waals surface area contributed by atoms with E-state index in [-0.39, 0.29) is 0 Å². The van der Waals surface area contributed by atoms with Gasteiger partial charge in [0.15, 0.2) is 0 Å². The molecule has 86 valence electrons. The van der Waals surface area contributed by atoms with Gasteiger partial charge in [-0.3, -0.25) is 0 Å². The van der Waals surface area contributed by atoms with E-state index in [0.29, 0.717) is 25.7 Å². The van der Waals surface area contributed by atoms with E-state index in [1.54, 1.807) is 0 Å². The zero-order valence-electron chi connectivity index (χ0n) is 9.28. The second-order valence-corrected chi connectivity index (χ2v) is 3.56. The zero-order valence-corrected chi connectivity index (χ0v) is 9.28. The van der Waals surface area contributed by atoms with E-state index in [1.165, 1.54) is 0 Å². The Kier molecular flexibility index (Phi) is 9.15. The first-order valence-corrected chi connectivity index (χ1v) is 5.51. The van der Waals surface area contributed by atoms with Gasteiger partial charge in [-0.25, -0.2) is 0 Å². The SMILES string of the molecule is CCCCC(O)C#CC(O)CCCC=O. The van der Waals surface area contributed by atoms with Crippen molar-refractivity contribution >= 4 is 6.29 Å². The van der Waals surface area contributed by atoms with Gasteiger partial charge < -0.3 is 15.0 Å². The number of aliphatic hydroxyl groups excluding tert-OH is 2. The minimum atomic E-state index is -0.721. The van der Waals surface area contributed by atoms with E-state index >= 15 is 0 Å². The average Bonchev–Trinajstić information content (AvgIpc) is 2.24. The molecule has 0 aliphatic carbocycles. The topological polar surface area (TPSA) is 57.5 Å². The molecule has 3 heteroatoms. The first kappa shape index (κ1) is 14.2. The third kappa shape index (κ3) is 9.45. The molecule has 0 amide bonds. The predicted molar refractivity (Wildman–Crippen MR) is 59.2 cm³/mol. The number of unbranched alkanes of at least 4 members (excludes halogenated alkanes) is 2. The molecule has 0 aromatic heterocycles. The molecule has 2 atom stereocenters. The maximum absolute atomic E-state index is 10.0. The first-order valence-electron chi connectivity index (χ1n) is 5.51. The quantitative estimate of drug-likeness (QED) is 0.379. The summed E-state index contributed by atoms with van der Waals surface area (Å²) in [4.78, 5) is 10.0. The van der Waals surface area contributed by atoms with Crippen LogP contribution in [-0.4, -0.2) is 28.7 Å². The van der Waals surface area contributed by atoms with Crippen LogP contribution >= 0.6 is 0 Å². The maximum Gasteiger partial charge on any atom is 0.119 e. The molecule has 0 saturated carbocycles. The minimum Gasteiger partial charge on any atom is -0.380 e. The molecule has 0 rings (SSSR count). The van der Waals surface area contributed by atoms with Crippen molar-refractivity contribution in [3.63, 3.8) is 0 Å². The van der Waals surface area contributed by atoms with Crippen molar-refractivity contribution in [1.29, 1.82) is 0 Å². The Morgan fingerprint density at radius 3 is 2.13 bits per heavy atom. The van der Waals surface area contributed by atoms with E-state index < -0.39 is 12.2 Å². The van der Waals surface area contributed by atoms with Crippen LogP contribution in [0.25, 0.3) is 0 Å². The number of hydrogen-bond acceptors (Lipinski definition) is 3. The summed E-state index contributed by atoms with van der Waals surface area (Å²) >= 11 is 0. The van der Waals surface area contributed by atoms with Crippen molar-refractivity contribution in [2.24, 2.45) is 0 Å². The molecule has 0 aromatic rings. The Morgan fingerprint density at radius 2 is 1.67 bits per heavy atom. The molecule has 2 N–H and O–H groups in total. The molecule has 2 unspecified atom stereocenters. The Hall–Kier alpha value is -0.850. The van der Waals surface area contributed by atoms with Crippen LogP contribution in [0, 0.1) is 11.8 Å². The summed E-state index contributed by atoms with van der Waals surface area (Å²) in [6, 6.07) is 0. The molecule has 3 nitrogen and oxygen atoms in total. The van der Waals surface area contributed by atoms with Crippen LogP contribution < -0.4 is 0 Å². The second-order valence-electron chi connectivity index (χ2n) is 3.56. The summed E-state index contributed by atoms with van der Waals surface area (Å²) in [5, 5.41) is 18.7. The van der Waals surface area contributed by atoms with Crippen molar-refractivity contribution in [3.8, 4) is 11.8 Å². The Labute approximate surface area is 91.5 Å². The van der Waals surface area contributed by atoms with Crippen LogP contribution in [0.15, 0.2) is 0 Å². The number of carbonyl (C=O) groups is 1. The van der Waals surface area contributed by atoms with Crippen LogP contribution in [0.1, 0.15) is 45.4 Å². The molecule has 0 saturated heterocycles. The van der Waals surface area contributed by atoms with Gasteiger partial charge in [0.2, 0.25) is 0 Å². The van der Waals surface area contributed by atoms with Crippen LogP contribution in [-0.2, 0) is 4.79 Å². The van der Waals surface area contributed by atoms with Gasteiger partial charge in [-0.15, -0.1) is 0 Å². The molecule has 0 heterocycles. The summed E-state index contributed by atoms with van der Waals surface area (Å²) < 4.78 is 0. The third-order valence-electron chi connectivity index (χ3n) is 2.05. The predicted octanol–water partition coefficient (Wildman–Crippen LogP) is 1.27. The van der Waals surface area contributed by atoms with Crippen LogP contribution in [0.5, 0.6) is 0 Å². The van der Waals surface area contributed by atoms with E-state index in [9.17, 15) is 15.0 Å². The first-order chi connectivity index (χ1) is 7.20. The highest BCUT2D eigenvalue weighted by Crippen LogP contribution is 2.01. The summed E-state index contributed by atoms with van der Waals surface area (Å²) in [6.07, 6.45) is 3.69. The van der Waals surface area contributed by atoms with Gasteiger partial charge in [0.25, 0.3) is 0 Å². The maximum atomic E-state index is 10.0. The molecule has 15 heavy (non-hydrogen) atoms. The van der Waals surface area contributed by atoms with Gasteiger partial charge in [-0.1, -0.05) is 31.6 Å². The number of aldehydes is 1.